The number of ether oxygens (including phenoxy) is 1. The van der Waals surface area contributed by atoms with Gasteiger partial charge in [-0.2, -0.15) is 0 Å². The van der Waals surface area contributed by atoms with Crippen LogP contribution in [0, 0.1) is 0 Å². The number of fused-ring (bicyclic) bond motifs is 1. The molecule has 3 rings (SSSR count). The predicted molar refractivity (Wildman–Crippen MR) is 79.0 cm³/mol. The van der Waals surface area contributed by atoms with E-state index in [0.717, 1.165) is 12.1 Å². The number of benzene rings is 2. The molecule has 20 heavy (non-hydrogen) atoms. The minimum absolute atomic E-state index is 0.0653. The Labute approximate surface area is 118 Å². The van der Waals surface area contributed by atoms with Crippen LogP contribution in [0.5, 0.6) is 11.5 Å². The average Bonchev–Trinajstić information content (AvgIpc) is 2.76. The molecule has 4 N–H and O–H groups in total. The van der Waals surface area contributed by atoms with Gasteiger partial charge in [-0.05, 0) is 29.7 Å². The van der Waals surface area contributed by atoms with Crippen molar-refractivity contribution in [3.05, 3.63) is 53.6 Å². The van der Waals surface area contributed by atoms with Crippen molar-refractivity contribution in [1.29, 1.82) is 0 Å². The van der Waals surface area contributed by atoms with E-state index in [1.54, 1.807) is 12.1 Å². The molecule has 0 amide bonds. The van der Waals surface area contributed by atoms with Gasteiger partial charge in [0.1, 0.15) is 0 Å². The molecule has 2 aromatic rings. The topological polar surface area (TPSA) is 67.5 Å². The number of phenols is 1. The van der Waals surface area contributed by atoms with Gasteiger partial charge in [0.25, 0.3) is 0 Å². The fourth-order valence-electron chi connectivity index (χ4n) is 2.79. The van der Waals surface area contributed by atoms with Gasteiger partial charge >= 0.3 is 0 Å². The molecule has 104 valence electrons. The first-order chi connectivity index (χ1) is 9.69. The Balaban J connectivity index is 1.84. The standard InChI is InChI=1S/C16H18N2O2/c1-20-16-7-6-10(8-15(16)19)18-14-9-13(17)11-4-2-3-5-12(11)14/h2-8,13-14,18-19H,9,17H2,1H3. The molecule has 2 unspecified atom stereocenters. The minimum atomic E-state index is 0.0653. The molecule has 0 bridgehead atoms. The van der Waals surface area contributed by atoms with Gasteiger partial charge in [-0.3, -0.25) is 0 Å². The number of rotatable bonds is 3. The summed E-state index contributed by atoms with van der Waals surface area (Å²) in [6, 6.07) is 13.8. The van der Waals surface area contributed by atoms with E-state index in [4.69, 9.17) is 10.5 Å². The van der Waals surface area contributed by atoms with Crippen LogP contribution in [0.3, 0.4) is 0 Å². The monoisotopic (exact) mass is 270 g/mol. The largest absolute Gasteiger partial charge is 0.504 e. The summed E-state index contributed by atoms with van der Waals surface area (Å²) in [7, 11) is 1.54. The third-order valence-electron chi connectivity index (χ3n) is 3.78. The molecule has 0 fully saturated rings. The van der Waals surface area contributed by atoms with Crippen molar-refractivity contribution in [2.24, 2.45) is 5.73 Å². The second-order valence-electron chi connectivity index (χ2n) is 5.05. The lowest BCUT2D eigenvalue weighted by atomic mass is 10.1. The number of aromatic hydroxyl groups is 1. The summed E-state index contributed by atoms with van der Waals surface area (Å²) in [5.41, 5.74) is 9.44. The molecule has 1 aliphatic rings. The van der Waals surface area contributed by atoms with E-state index < -0.39 is 0 Å². The normalized spacial score (nSPS) is 20.5. The molecule has 4 heteroatoms. The number of methoxy groups -OCH3 is 1. The van der Waals surface area contributed by atoms with Crippen molar-refractivity contribution in [1.82, 2.24) is 0 Å². The Kier molecular flexibility index (Phi) is 3.24. The fraction of sp³-hybridized carbons (Fsp3) is 0.250. The number of hydrogen-bond acceptors (Lipinski definition) is 4. The molecule has 0 spiro atoms. The van der Waals surface area contributed by atoms with E-state index >= 15 is 0 Å². The highest BCUT2D eigenvalue weighted by Crippen LogP contribution is 2.40. The van der Waals surface area contributed by atoms with E-state index in [1.165, 1.54) is 18.2 Å². The van der Waals surface area contributed by atoms with E-state index in [1.807, 2.05) is 18.2 Å². The molecule has 0 saturated carbocycles. The van der Waals surface area contributed by atoms with Gasteiger partial charge in [0.15, 0.2) is 11.5 Å². The van der Waals surface area contributed by atoms with Crippen molar-refractivity contribution in [2.75, 3.05) is 12.4 Å². The molecule has 0 radical (unpaired) electrons. The summed E-state index contributed by atoms with van der Waals surface area (Å²) in [5.74, 6) is 0.604. The van der Waals surface area contributed by atoms with E-state index in [-0.39, 0.29) is 17.8 Å². The van der Waals surface area contributed by atoms with Crippen LogP contribution in [0.25, 0.3) is 0 Å². The first-order valence-electron chi connectivity index (χ1n) is 6.67. The van der Waals surface area contributed by atoms with Gasteiger partial charge in [-0.15, -0.1) is 0 Å². The minimum Gasteiger partial charge on any atom is -0.504 e. The first kappa shape index (κ1) is 12.8. The molecule has 1 aliphatic carbocycles. The zero-order chi connectivity index (χ0) is 14.1. The zero-order valence-electron chi connectivity index (χ0n) is 11.3. The van der Waals surface area contributed by atoms with Crippen molar-refractivity contribution >= 4 is 5.69 Å². The highest BCUT2D eigenvalue weighted by molar-refractivity contribution is 5.56. The van der Waals surface area contributed by atoms with Crippen LogP contribution < -0.4 is 15.8 Å². The van der Waals surface area contributed by atoms with Crippen molar-refractivity contribution in [2.45, 2.75) is 18.5 Å². The second-order valence-corrected chi connectivity index (χ2v) is 5.05. The van der Waals surface area contributed by atoms with Gasteiger partial charge in [0.2, 0.25) is 0 Å². The lowest BCUT2D eigenvalue weighted by Crippen LogP contribution is -2.09. The molecule has 4 nitrogen and oxygen atoms in total. The molecule has 0 aliphatic heterocycles. The lowest BCUT2D eigenvalue weighted by Gasteiger charge is -2.16. The predicted octanol–water partition coefficient (Wildman–Crippen LogP) is 2.96. The highest BCUT2D eigenvalue weighted by atomic mass is 16.5. The van der Waals surface area contributed by atoms with E-state index in [2.05, 4.69) is 17.4 Å². The number of anilines is 1. The van der Waals surface area contributed by atoms with Gasteiger partial charge in [-0.25, -0.2) is 0 Å². The fourth-order valence-corrected chi connectivity index (χ4v) is 2.79. The van der Waals surface area contributed by atoms with Crippen molar-refractivity contribution < 1.29 is 9.84 Å². The van der Waals surface area contributed by atoms with Crippen LogP contribution in [0.15, 0.2) is 42.5 Å². The lowest BCUT2D eigenvalue weighted by molar-refractivity contribution is 0.373. The summed E-state index contributed by atoms with van der Waals surface area (Å²) in [5, 5.41) is 13.2. The Hall–Kier alpha value is -2.20. The smallest absolute Gasteiger partial charge is 0.160 e. The van der Waals surface area contributed by atoms with E-state index in [9.17, 15) is 5.11 Å². The summed E-state index contributed by atoms with van der Waals surface area (Å²) >= 11 is 0. The summed E-state index contributed by atoms with van der Waals surface area (Å²) in [6.07, 6.45) is 0.853. The van der Waals surface area contributed by atoms with Gasteiger partial charge < -0.3 is 20.9 Å². The molecule has 0 aromatic heterocycles. The van der Waals surface area contributed by atoms with E-state index in [0.29, 0.717) is 5.75 Å². The van der Waals surface area contributed by atoms with Gasteiger partial charge in [0.05, 0.1) is 13.2 Å². The van der Waals surface area contributed by atoms with Crippen molar-refractivity contribution in [3.63, 3.8) is 0 Å². The number of nitrogens with one attached hydrogen (secondary N) is 1. The SMILES string of the molecule is COc1ccc(NC2CC(N)c3ccccc32)cc1O. The number of hydrogen-bond donors (Lipinski definition) is 3. The summed E-state index contributed by atoms with van der Waals surface area (Å²) in [6.45, 7) is 0. The third kappa shape index (κ3) is 2.18. The molecule has 0 heterocycles. The Morgan fingerprint density at radius 2 is 1.95 bits per heavy atom. The third-order valence-corrected chi connectivity index (χ3v) is 3.78. The first-order valence-corrected chi connectivity index (χ1v) is 6.67. The van der Waals surface area contributed by atoms with Crippen LogP contribution in [0.1, 0.15) is 29.6 Å². The molecule has 0 saturated heterocycles. The van der Waals surface area contributed by atoms with Crippen LogP contribution >= 0.6 is 0 Å². The van der Waals surface area contributed by atoms with Crippen LogP contribution in [-0.2, 0) is 0 Å². The van der Waals surface area contributed by atoms with Crippen LogP contribution in [-0.4, -0.2) is 12.2 Å². The Morgan fingerprint density at radius 3 is 2.65 bits per heavy atom. The van der Waals surface area contributed by atoms with Crippen molar-refractivity contribution in [3.8, 4) is 11.5 Å². The average molecular weight is 270 g/mol. The summed E-state index contributed by atoms with van der Waals surface area (Å²) < 4.78 is 5.05. The second kappa shape index (κ2) is 5.06. The maximum Gasteiger partial charge on any atom is 0.160 e. The van der Waals surface area contributed by atoms with Crippen LogP contribution in [0.2, 0.25) is 0 Å². The molecule has 2 aromatic carbocycles. The highest BCUT2D eigenvalue weighted by Gasteiger charge is 2.28. The molecular formula is C16H18N2O2. The Bertz CT molecular complexity index is 628. The quantitative estimate of drug-likeness (QED) is 0.802. The zero-order valence-corrected chi connectivity index (χ0v) is 11.3. The van der Waals surface area contributed by atoms with Gasteiger partial charge in [-0.1, -0.05) is 24.3 Å². The number of nitrogens with two attached hydrogens (primary N) is 1. The number of phenolic OH excluding ortho intramolecular Hbond substituents is 1. The molecule has 2 atom stereocenters. The summed E-state index contributed by atoms with van der Waals surface area (Å²) in [4.78, 5) is 0. The maximum atomic E-state index is 9.82. The van der Waals surface area contributed by atoms with Crippen LogP contribution in [0.4, 0.5) is 5.69 Å². The molecular weight excluding hydrogens is 252 g/mol. The Morgan fingerprint density at radius 1 is 1.20 bits per heavy atom. The van der Waals surface area contributed by atoms with Gasteiger partial charge in [0, 0.05) is 17.8 Å². The maximum absolute atomic E-state index is 9.82.